The summed E-state index contributed by atoms with van der Waals surface area (Å²) in [6.07, 6.45) is 0. The molecular formula is Ca2MgZn. The van der Waals surface area contributed by atoms with Crippen LogP contribution in [0.2, 0.25) is 0 Å². The Labute approximate surface area is 115 Å². The third-order valence-corrected chi connectivity index (χ3v) is 0. The molecule has 8 valence electrons. The monoisotopic (exact) mass is 168 g/mol. The molecule has 0 saturated heterocycles. The van der Waals surface area contributed by atoms with Crippen LogP contribution in [-0.2, 0) is 19.5 Å². The van der Waals surface area contributed by atoms with Gasteiger partial charge < -0.3 is 0 Å². The van der Waals surface area contributed by atoms with E-state index in [4.69, 9.17) is 0 Å². The number of hydrogen-bond donors (Lipinski definition) is 0. The molecule has 0 amide bonds. The maximum atomic E-state index is 0. The van der Waals surface area contributed by atoms with E-state index in [9.17, 15) is 0 Å². The largest absolute Gasteiger partial charge is 0 e. The molecular weight excluding hydrogens is 170 g/mol. The molecule has 0 aliphatic heterocycles. The molecule has 0 aliphatic carbocycles. The second-order valence-corrected chi connectivity index (χ2v) is 0. The Balaban J connectivity index is 0. The minimum absolute atomic E-state index is 0. The van der Waals surface area contributed by atoms with Crippen molar-refractivity contribution in [2.75, 3.05) is 0 Å². The summed E-state index contributed by atoms with van der Waals surface area (Å²) < 4.78 is 0. The van der Waals surface area contributed by atoms with Crippen LogP contribution in [0.3, 0.4) is 0 Å². The Morgan fingerprint density at radius 2 is 0.750 bits per heavy atom. The molecule has 0 atom stereocenters. The maximum absolute atomic E-state index is 0. The predicted octanol–water partition coefficient (Wildman–Crippen LogP) is -1.14. The zero-order valence-corrected chi connectivity index (χ0v) is 11.6. The van der Waals surface area contributed by atoms with Gasteiger partial charge >= 0.3 is 0 Å². The second-order valence-electron chi connectivity index (χ2n) is 0. The molecule has 0 fully saturated rings. The van der Waals surface area contributed by atoms with Crippen LogP contribution in [-0.4, -0.2) is 98.5 Å². The van der Waals surface area contributed by atoms with E-state index in [1.54, 1.807) is 0 Å². The van der Waals surface area contributed by atoms with E-state index >= 15 is 0 Å². The van der Waals surface area contributed by atoms with Crippen LogP contribution in [0.4, 0.5) is 0 Å². The first-order valence-corrected chi connectivity index (χ1v) is 0. The van der Waals surface area contributed by atoms with Gasteiger partial charge in [-0.1, -0.05) is 0 Å². The Bertz CT molecular complexity index is 6.00. The van der Waals surface area contributed by atoms with Crippen molar-refractivity contribution in [3.63, 3.8) is 0 Å². The molecule has 0 rings (SSSR count). The molecule has 0 aliphatic rings. The van der Waals surface area contributed by atoms with Crippen LogP contribution >= 0.6 is 0 Å². The van der Waals surface area contributed by atoms with Gasteiger partial charge in [-0.2, -0.15) is 0 Å². The summed E-state index contributed by atoms with van der Waals surface area (Å²) in [5.41, 5.74) is 0. The van der Waals surface area contributed by atoms with E-state index in [0.29, 0.717) is 0 Å². The summed E-state index contributed by atoms with van der Waals surface area (Å²) in [5, 5.41) is 0. The van der Waals surface area contributed by atoms with Crippen molar-refractivity contribution >= 4 is 98.5 Å². The molecule has 0 aromatic carbocycles. The summed E-state index contributed by atoms with van der Waals surface area (Å²) in [6.45, 7) is 0. The zero-order chi connectivity index (χ0) is 0. The minimum Gasteiger partial charge on any atom is 0 e. The van der Waals surface area contributed by atoms with Crippen molar-refractivity contribution in [3.8, 4) is 0 Å². The van der Waals surface area contributed by atoms with Crippen LogP contribution in [0.1, 0.15) is 0 Å². The number of rotatable bonds is 0. The third-order valence-electron chi connectivity index (χ3n) is 0. The van der Waals surface area contributed by atoms with Gasteiger partial charge in [0.2, 0.25) is 0 Å². The van der Waals surface area contributed by atoms with Crippen molar-refractivity contribution in [2.45, 2.75) is 0 Å². The van der Waals surface area contributed by atoms with Crippen molar-refractivity contribution in [2.24, 2.45) is 0 Å². The minimum atomic E-state index is 0. The Morgan fingerprint density at radius 3 is 0.750 bits per heavy atom. The van der Waals surface area contributed by atoms with Gasteiger partial charge in [0, 0.05) is 118 Å². The standard InChI is InChI=1S/2Ca.Mg.Zn. The first-order valence-electron chi connectivity index (χ1n) is 0. The molecule has 0 nitrogen and oxygen atoms in total. The van der Waals surface area contributed by atoms with E-state index in [2.05, 4.69) is 0 Å². The summed E-state index contributed by atoms with van der Waals surface area (Å²) in [4.78, 5) is 0. The quantitative estimate of drug-likeness (QED) is 0.403. The normalized spacial score (nSPS) is 0. The van der Waals surface area contributed by atoms with Crippen molar-refractivity contribution < 1.29 is 19.5 Å². The SMILES string of the molecule is [Ca].[Ca].[Mg].[Zn]. The van der Waals surface area contributed by atoms with Crippen LogP contribution in [0.25, 0.3) is 0 Å². The van der Waals surface area contributed by atoms with Gasteiger partial charge in [-0.3, -0.25) is 0 Å². The van der Waals surface area contributed by atoms with Gasteiger partial charge in [-0.25, -0.2) is 0 Å². The Morgan fingerprint density at radius 1 is 0.750 bits per heavy atom. The van der Waals surface area contributed by atoms with Crippen LogP contribution in [0, 0.1) is 0 Å². The molecule has 6 radical (unpaired) electrons. The number of hydrogen-bond acceptors (Lipinski definition) is 0. The molecule has 4 heteroatoms. The molecule has 0 spiro atoms. The first kappa shape index (κ1) is 24.7. The zero-order valence-electron chi connectivity index (χ0n) is 2.83. The van der Waals surface area contributed by atoms with Gasteiger partial charge in [0.25, 0.3) is 0 Å². The van der Waals surface area contributed by atoms with E-state index in [-0.39, 0.29) is 118 Å². The molecule has 0 heterocycles. The van der Waals surface area contributed by atoms with Gasteiger partial charge in [0.1, 0.15) is 0 Å². The predicted molar refractivity (Wildman–Crippen MR) is 17.3 cm³/mol. The molecule has 0 N–H and O–H groups in total. The second kappa shape index (κ2) is 15.8. The van der Waals surface area contributed by atoms with Crippen LogP contribution in [0.5, 0.6) is 0 Å². The fourth-order valence-electron chi connectivity index (χ4n) is 0. The van der Waals surface area contributed by atoms with Gasteiger partial charge in [-0.15, -0.1) is 0 Å². The maximum Gasteiger partial charge on any atom is 0 e. The molecule has 0 bridgehead atoms. The topological polar surface area (TPSA) is 0 Å². The van der Waals surface area contributed by atoms with E-state index in [1.165, 1.54) is 0 Å². The molecule has 0 saturated carbocycles. The molecule has 0 unspecified atom stereocenters. The summed E-state index contributed by atoms with van der Waals surface area (Å²) in [6, 6.07) is 0. The fraction of sp³-hybridized carbons (Fsp3) is 0. The summed E-state index contributed by atoms with van der Waals surface area (Å²) >= 11 is 0. The molecule has 4 heavy (non-hydrogen) atoms. The molecule has 0 aromatic rings. The Hall–Kier alpha value is 3.91. The van der Waals surface area contributed by atoms with Crippen molar-refractivity contribution in [3.05, 3.63) is 0 Å². The van der Waals surface area contributed by atoms with Gasteiger partial charge in [0.05, 0.1) is 0 Å². The first-order chi connectivity index (χ1) is 0. The Kier molecular flexibility index (Phi) is 97.5. The van der Waals surface area contributed by atoms with E-state index < -0.39 is 0 Å². The average molecular weight is 170 g/mol. The van der Waals surface area contributed by atoms with Gasteiger partial charge in [0.15, 0.2) is 0 Å². The van der Waals surface area contributed by atoms with Crippen molar-refractivity contribution in [1.29, 1.82) is 0 Å². The van der Waals surface area contributed by atoms with Gasteiger partial charge in [-0.05, 0) is 0 Å². The van der Waals surface area contributed by atoms with Crippen molar-refractivity contribution in [1.82, 2.24) is 0 Å². The molecule has 0 aromatic heterocycles. The average Bonchev–Trinajstić information content (AvgIpc) is 0. The smallest absolute Gasteiger partial charge is 0 e. The summed E-state index contributed by atoms with van der Waals surface area (Å²) in [7, 11) is 0. The van der Waals surface area contributed by atoms with Crippen LogP contribution < -0.4 is 0 Å². The summed E-state index contributed by atoms with van der Waals surface area (Å²) in [5.74, 6) is 0. The fourth-order valence-corrected chi connectivity index (χ4v) is 0. The van der Waals surface area contributed by atoms with Crippen LogP contribution in [0.15, 0.2) is 0 Å². The van der Waals surface area contributed by atoms with E-state index in [1.807, 2.05) is 0 Å². The van der Waals surface area contributed by atoms with E-state index in [0.717, 1.165) is 0 Å². The third kappa shape index (κ3) is 9.32.